The zero-order chi connectivity index (χ0) is 10.9. The van der Waals surface area contributed by atoms with E-state index in [2.05, 4.69) is 0 Å². The number of halogens is 1. The summed E-state index contributed by atoms with van der Waals surface area (Å²) in [6, 6.07) is 0. The Morgan fingerprint density at radius 2 is 1.71 bits per heavy atom. The molecule has 5 heteroatoms. The second-order valence-corrected chi connectivity index (χ2v) is 4.32. The molecule has 1 rings (SSSR count). The summed E-state index contributed by atoms with van der Waals surface area (Å²) in [6.07, 6.45) is -4.43. The third-order valence-corrected chi connectivity index (χ3v) is 2.86. The van der Waals surface area contributed by atoms with Gasteiger partial charge in [0.1, 0.15) is 24.4 Å². The van der Waals surface area contributed by atoms with E-state index in [1.807, 2.05) is 13.8 Å². The van der Waals surface area contributed by atoms with Crippen molar-refractivity contribution in [3.05, 3.63) is 0 Å². The van der Waals surface area contributed by atoms with Crippen molar-refractivity contribution in [2.75, 3.05) is 5.88 Å². The number of ether oxygens (including phenoxy) is 1. The molecule has 0 saturated carbocycles. The Kier molecular flexibility index (Phi) is 4.15. The summed E-state index contributed by atoms with van der Waals surface area (Å²) in [7, 11) is 0. The number of aliphatic hydroxyl groups is 3. The lowest BCUT2D eigenvalue weighted by molar-refractivity contribution is -0.225. The monoisotopic (exact) mass is 224 g/mol. The van der Waals surface area contributed by atoms with Crippen LogP contribution in [0.25, 0.3) is 0 Å². The fraction of sp³-hybridized carbons (Fsp3) is 1.00. The maximum Gasteiger partial charge on any atom is 0.111 e. The van der Waals surface area contributed by atoms with Gasteiger partial charge in [0.05, 0.1) is 12.0 Å². The fourth-order valence-corrected chi connectivity index (χ4v) is 1.91. The molecule has 4 nitrogen and oxygen atoms in total. The summed E-state index contributed by atoms with van der Waals surface area (Å²) in [5, 5.41) is 28.6. The van der Waals surface area contributed by atoms with Gasteiger partial charge < -0.3 is 20.1 Å². The van der Waals surface area contributed by atoms with Crippen LogP contribution in [0.15, 0.2) is 0 Å². The van der Waals surface area contributed by atoms with Crippen LogP contribution < -0.4 is 0 Å². The lowest BCUT2D eigenvalue weighted by atomic mass is 9.90. The molecule has 1 aliphatic heterocycles. The molecule has 0 spiro atoms. The molecule has 3 N–H and O–H groups in total. The summed E-state index contributed by atoms with van der Waals surface area (Å²) in [6.45, 7) is 3.76. The van der Waals surface area contributed by atoms with Gasteiger partial charge in [-0.3, -0.25) is 0 Å². The summed E-state index contributed by atoms with van der Waals surface area (Å²) >= 11 is 5.58. The summed E-state index contributed by atoms with van der Waals surface area (Å²) in [5.74, 6) is 0.173. The second-order valence-electron chi connectivity index (χ2n) is 4.01. The lowest BCUT2D eigenvalue weighted by Crippen LogP contribution is -2.59. The van der Waals surface area contributed by atoms with E-state index in [0.717, 1.165) is 0 Å². The first-order valence-corrected chi connectivity index (χ1v) is 5.28. The Bertz CT molecular complexity index is 186. The molecule has 0 aromatic carbocycles. The highest BCUT2D eigenvalue weighted by Gasteiger charge is 2.44. The highest BCUT2D eigenvalue weighted by atomic mass is 35.5. The predicted molar refractivity (Wildman–Crippen MR) is 52.2 cm³/mol. The Morgan fingerprint density at radius 3 is 2.14 bits per heavy atom. The summed E-state index contributed by atoms with van der Waals surface area (Å²) in [4.78, 5) is 0. The van der Waals surface area contributed by atoms with Crippen LogP contribution in [-0.4, -0.2) is 51.7 Å². The van der Waals surface area contributed by atoms with Gasteiger partial charge >= 0.3 is 0 Å². The Balaban J connectivity index is 2.73. The Labute approximate surface area is 88.5 Å². The zero-order valence-corrected chi connectivity index (χ0v) is 9.05. The maximum atomic E-state index is 9.61. The predicted octanol–water partition coefficient (Wildman–Crippen LogP) is -0.269. The largest absolute Gasteiger partial charge is 0.388 e. The minimum absolute atomic E-state index is 0.0675. The average molecular weight is 225 g/mol. The van der Waals surface area contributed by atoms with Gasteiger partial charge in [0.2, 0.25) is 0 Å². The minimum Gasteiger partial charge on any atom is -0.388 e. The first kappa shape index (κ1) is 12.2. The van der Waals surface area contributed by atoms with Crippen LogP contribution in [0.1, 0.15) is 13.8 Å². The van der Waals surface area contributed by atoms with E-state index >= 15 is 0 Å². The van der Waals surface area contributed by atoms with Crippen LogP contribution in [0, 0.1) is 5.92 Å². The van der Waals surface area contributed by atoms with Gasteiger partial charge in [-0.1, -0.05) is 13.8 Å². The molecule has 1 saturated heterocycles. The minimum atomic E-state index is -1.18. The second kappa shape index (κ2) is 4.77. The van der Waals surface area contributed by atoms with Crippen LogP contribution in [0.4, 0.5) is 0 Å². The third kappa shape index (κ3) is 2.20. The van der Waals surface area contributed by atoms with Gasteiger partial charge in [-0.15, -0.1) is 11.6 Å². The van der Waals surface area contributed by atoms with Crippen molar-refractivity contribution in [3.8, 4) is 0 Å². The first-order valence-electron chi connectivity index (χ1n) is 4.74. The quantitative estimate of drug-likeness (QED) is 0.565. The van der Waals surface area contributed by atoms with E-state index in [1.165, 1.54) is 0 Å². The number of hydrogen-bond acceptors (Lipinski definition) is 4. The molecular formula is C9H17ClO4. The number of alkyl halides is 1. The van der Waals surface area contributed by atoms with Crippen molar-refractivity contribution in [2.24, 2.45) is 5.92 Å². The molecule has 0 amide bonds. The van der Waals surface area contributed by atoms with Crippen LogP contribution in [0.3, 0.4) is 0 Å². The van der Waals surface area contributed by atoms with Crippen molar-refractivity contribution in [3.63, 3.8) is 0 Å². The van der Waals surface area contributed by atoms with Crippen LogP contribution >= 0.6 is 11.6 Å². The van der Waals surface area contributed by atoms with Gasteiger partial charge in [-0.2, -0.15) is 0 Å². The van der Waals surface area contributed by atoms with Gasteiger partial charge in [-0.05, 0) is 5.92 Å². The van der Waals surface area contributed by atoms with E-state index < -0.39 is 30.5 Å². The van der Waals surface area contributed by atoms with Gasteiger partial charge in [-0.25, -0.2) is 0 Å². The van der Waals surface area contributed by atoms with Crippen molar-refractivity contribution >= 4 is 11.6 Å². The molecule has 1 heterocycles. The smallest absolute Gasteiger partial charge is 0.111 e. The molecule has 3 unspecified atom stereocenters. The van der Waals surface area contributed by atoms with Crippen LogP contribution in [0.5, 0.6) is 0 Å². The summed E-state index contributed by atoms with van der Waals surface area (Å²) < 4.78 is 5.40. The van der Waals surface area contributed by atoms with Crippen molar-refractivity contribution in [1.82, 2.24) is 0 Å². The van der Waals surface area contributed by atoms with E-state index in [9.17, 15) is 15.3 Å². The maximum absolute atomic E-state index is 9.61. The van der Waals surface area contributed by atoms with E-state index in [4.69, 9.17) is 16.3 Å². The third-order valence-electron chi connectivity index (χ3n) is 2.56. The highest BCUT2D eigenvalue weighted by Crippen LogP contribution is 2.26. The molecule has 1 aliphatic rings. The molecule has 14 heavy (non-hydrogen) atoms. The van der Waals surface area contributed by atoms with Crippen LogP contribution in [-0.2, 0) is 4.74 Å². The van der Waals surface area contributed by atoms with Crippen molar-refractivity contribution < 1.29 is 20.1 Å². The molecule has 0 bridgehead atoms. The molecule has 0 aromatic heterocycles. The van der Waals surface area contributed by atoms with Gasteiger partial charge in [0.25, 0.3) is 0 Å². The van der Waals surface area contributed by atoms with Gasteiger partial charge in [0.15, 0.2) is 0 Å². The number of hydrogen-bond donors (Lipinski definition) is 3. The SMILES string of the molecule is CC(C)[C@@H]1OC(CCl)[C@H](O)C(O)C1O. The molecular weight excluding hydrogens is 208 g/mol. The van der Waals surface area contributed by atoms with Crippen molar-refractivity contribution in [1.29, 1.82) is 0 Å². The number of rotatable bonds is 2. The Hall–Kier alpha value is 0.130. The zero-order valence-electron chi connectivity index (χ0n) is 8.30. The Morgan fingerprint density at radius 1 is 1.14 bits per heavy atom. The van der Waals surface area contributed by atoms with Crippen LogP contribution in [0.2, 0.25) is 0 Å². The number of aliphatic hydroxyl groups excluding tert-OH is 3. The molecule has 84 valence electrons. The molecule has 5 atom stereocenters. The van der Waals surface area contributed by atoms with E-state index in [1.54, 1.807) is 0 Å². The molecule has 0 aliphatic carbocycles. The summed E-state index contributed by atoms with van der Waals surface area (Å²) in [5.41, 5.74) is 0. The molecule has 1 fully saturated rings. The van der Waals surface area contributed by atoms with E-state index in [0.29, 0.717) is 0 Å². The molecule has 0 radical (unpaired) electrons. The van der Waals surface area contributed by atoms with Crippen molar-refractivity contribution in [2.45, 2.75) is 44.4 Å². The molecule has 0 aromatic rings. The highest BCUT2D eigenvalue weighted by molar-refractivity contribution is 6.18. The normalized spacial score (nSPS) is 44.4. The topological polar surface area (TPSA) is 69.9 Å². The lowest BCUT2D eigenvalue weighted by Gasteiger charge is -2.41. The van der Waals surface area contributed by atoms with Gasteiger partial charge in [0, 0.05) is 0 Å². The van der Waals surface area contributed by atoms with E-state index in [-0.39, 0.29) is 11.8 Å². The first-order chi connectivity index (χ1) is 6.49. The standard InChI is InChI=1S/C9H17ClO4/c1-4(2)9-8(13)7(12)6(11)5(3-10)14-9/h4-9,11-13H,3H2,1-2H3/t5?,6-,7?,8?,9-/m0/s1. The fourth-order valence-electron chi connectivity index (χ4n) is 1.66. The average Bonchev–Trinajstić information content (AvgIpc) is 2.14.